The summed E-state index contributed by atoms with van der Waals surface area (Å²) in [6.45, 7) is 1.97. The molecule has 0 spiro atoms. The van der Waals surface area contributed by atoms with E-state index in [1.54, 1.807) is 0 Å². The molecular weight excluding hydrogens is 286 g/mol. The topological polar surface area (TPSA) is 0 Å². The van der Waals surface area contributed by atoms with Crippen LogP contribution < -0.4 is 0 Å². The number of allylic oxidation sites excluding steroid dienone is 1. The van der Waals surface area contributed by atoms with Gasteiger partial charge >= 0.3 is 103 Å². The molecule has 0 bridgehead atoms. The summed E-state index contributed by atoms with van der Waals surface area (Å²) in [6, 6.07) is 8.14. The average Bonchev–Trinajstić information content (AvgIpc) is 2.62. The molecule has 0 aromatic heterocycles. The summed E-state index contributed by atoms with van der Waals surface area (Å²) >= 11 is -3.84. The zero-order valence-corrected chi connectivity index (χ0v) is 12.2. The third-order valence-corrected chi connectivity index (χ3v) is 13.7. The molecule has 0 amide bonds. The van der Waals surface area contributed by atoms with Gasteiger partial charge in [-0.25, -0.2) is 0 Å². The van der Waals surface area contributed by atoms with Crippen molar-refractivity contribution in [2.75, 3.05) is 0 Å². The van der Waals surface area contributed by atoms with E-state index in [1.165, 1.54) is 11.1 Å². The quantitative estimate of drug-likeness (QED) is 0.646. The maximum atomic E-state index is 6.48. The van der Waals surface area contributed by atoms with E-state index in [0.29, 0.717) is 4.73 Å². The average molecular weight is 298 g/mol. The summed E-state index contributed by atoms with van der Waals surface area (Å²) in [4.78, 5) is 0. The van der Waals surface area contributed by atoms with Gasteiger partial charge in [-0.2, -0.15) is 0 Å². The maximum absolute atomic E-state index is 6.48. The van der Waals surface area contributed by atoms with Crippen LogP contribution in [0.1, 0.15) is 22.3 Å². The Morgan fingerprint density at radius 1 is 1.20 bits per heavy atom. The Bertz CT molecular complexity index is 417. The molecule has 1 unspecified atom stereocenters. The molecule has 0 heterocycles. The molecule has 0 saturated carbocycles. The summed E-state index contributed by atoms with van der Waals surface area (Å²) in [7, 11) is 19.4. The second-order valence-electron chi connectivity index (χ2n) is 3.97. The Kier molecular flexibility index (Phi) is 3.03. The molecule has 1 atom stereocenters. The number of hydrogen-bond donors (Lipinski definition) is 0. The second kappa shape index (κ2) is 3.79. The van der Waals surface area contributed by atoms with Crippen molar-refractivity contribution in [3.8, 4) is 0 Å². The first-order valence-corrected chi connectivity index (χ1v) is 13.4. The number of benzene rings is 1. The number of rotatable bonds is 2. The SMILES string of the molecule is C[CH2][Ti]([Cl])([Cl])([Cl])[CH]1C=Cc2ccccc21. The molecule has 81 valence electrons. The molecule has 0 N–H and O–H groups in total. The van der Waals surface area contributed by atoms with Crippen LogP contribution in [0.25, 0.3) is 6.08 Å². The van der Waals surface area contributed by atoms with Gasteiger partial charge in [-0.1, -0.05) is 0 Å². The first kappa shape index (κ1) is 12.0. The minimum absolute atomic E-state index is 0.0354. The Morgan fingerprint density at radius 2 is 1.87 bits per heavy atom. The molecule has 0 aliphatic heterocycles. The Hall–Kier alpha value is 0.544. The Balaban J connectivity index is 2.49. The predicted octanol–water partition coefficient (Wildman–Crippen LogP) is 5.34. The van der Waals surface area contributed by atoms with Crippen LogP contribution >= 0.6 is 27.9 Å². The molecule has 1 aromatic carbocycles. The standard InChI is InChI=1S/C9H7.C2H5.3ClH.Ti/c1-2-5-9-7-3-6-8(9)4-1;1-2;;;;/h1-7H;1H2,2H3;3*1H;/q;;;;;+3/p-3. The van der Waals surface area contributed by atoms with Gasteiger partial charge in [0.05, 0.1) is 0 Å². The fourth-order valence-electron chi connectivity index (χ4n) is 1.93. The third-order valence-electron chi connectivity index (χ3n) is 2.98. The van der Waals surface area contributed by atoms with Crippen molar-refractivity contribution in [2.45, 2.75) is 15.9 Å². The first-order chi connectivity index (χ1) is 6.92. The van der Waals surface area contributed by atoms with Crippen molar-refractivity contribution < 1.29 is 12.1 Å². The van der Waals surface area contributed by atoms with Gasteiger partial charge in [-0.3, -0.25) is 0 Å². The van der Waals surface area contributed by atoms with Gasteiger partial charge in [0.25, 0.3) is 0 Å². The minimum atomic E-state index is -3.84. The van der Waals surface area contributed by atoms with E-state index in [-0.39, 0.29) is 4.22 Å². The molecule has 4 heteroatoms. The van der Waals surface area contributed by atoms with E-state index in [2.05, 4.69) is 24.3 Å². The van der Waals surface area contributed by atoms with Crippen molar-refractivity contribution in [3.05, 3.63) is 41.5 Å². The predicted molar refractivity (Wildman–Crippen MR) is 66.3 cm³/mol. The van der Waals surface area contributed by atoms with Crippen LogP contribution in [0.2, 0.25) is 4.73 Å². The summed E-state index contributed by atoms with van der Waals surface area (Å²) in [5.74, 6) is 0. The Morgan fingerprint density at radius 3 is 2.53 bits per heavy atom. The molecule has 2 rings (SSSR count). The fraction of sp³-hybridized carbons (Fsp3) is 0.273. The fourth-order valence-corrected chi connectivity index (χ4v) is 6.98. The number of fused-ring (bicyclic) bond motifs is 1. The first-order valence-electron chi connectivity index (χ1n) is 4.99. The molecule has 1 aliphatic carbocycles. The van der Waals surface area contributed by atoms with Gasteiger partial charge in [0.2, 0.25) is 0 Å². The molecule has 0 fully saturated rings. The zero-order chi connectivity index (χ0) is 11.1. The molecular formula is C11H12Cl3Ti. The summed E-state index contributed by atoms with van der Waals surface area (Å²) < 4.78 is 0.707. The van der Waals surface area contributed by atoms with Crippen LogP contribution in [0.4, 0.5) is 0 Å². The number of halogens is 3. The van der Waals surface area contributed by atoms with Crippen molar-refractivity contribution in [2.24, 2.45) is 0 Å². The van der Waals surface area contributed by atoms with E-state index in [4.69, 9.17) is 27.9 Å². The van der Waals surface area contributed by atoms with E-state index in [1.807, 2.05) is 19.1 Å². The van der Waals surface area contributed by atoms with Crippen LogP contribution in [0.15, 0.2) is 30.3 Å². The van der Waals surface area contributed by atoms with Crippen LogP contribution in [0.3, 0.4) is 0 Å². The van der Waals surface area contributed by atoms with Crippen LogP contribution in [-0.2, 0) is 12.1 Å². The van der Waals surface area contributed by atoms with Crippen molar-refractivity contribution in [1.82, 2.24) is 0 Å². The van der Waals surface area contributed by atoms with Gasteiger partial charge < -0.3 is 0 Å². The molecule has 0 nitrogen and oxygen atoms in total. The third kappa shape index (κ3) is 2.16. The van der Waals surface area contributed by atoms with Gasteiger partial charge in [-0.05, 0) is 0 Å². The van der Waals surface area contributed by atoms with Crippen molar-refractivity contribution in [1.29, 1.82) is 0 Å². The van der Waals surface area contributed by atoms with E-state index in [0.717, 1.165) is 0 Å². The molecule has 1 aromatic rings. The van der Waals surface area contributed by atoms with Crippen LogP contribution in [-0.4, -0.2) is 0 Å². The van der Waals surface area contributed by atoms with Crippen molar-refractivity contribution in [3.63, 3.8) is 0 Å². The molecule has 15 heavy (non-hydrogen) atoms. The van der Waals surface area contributed by atoms with Gasteiger partial charge in [0, 0.05) is 0 Å². The molecule has 1 aliphatic rings. The van der Waals surface area contributed by atoms with Gasteiger partial charge in [-0.15, -0.1) is 0 Å². The summed E-state index contributed by atoms with van der Waals surface area (Å²) in [5.41, 5.74) is 2.37. The molecule has 0 radical (unpaired) electrons. The van der Waals surface area contributed by atoms with Gasteiger partial charge in [0.1, 0.15) is 0 Å². The van der Waals surface area contributed by atoms with E-state index in [9.17, 15) is 0 Å². The van der Waals surface area contributed by atoms with E-state index >= 15 is 0 Å². The van der Waals surface area contributed by atoms with Crippen molar-refractivity contribution >= 4 is 34.0 Å². The van der Waals surface area contributed by atoms with Crippen LogP contribution in [0, 0.1) is 0 Å². The monoisotopic (exact) mass is 297 g/mol. The molecule has 0 saturated heterocycles. The second-order valence-corrected chi connectivity index (χ2v) is 22.7. The Labute approximate surface area is 103 Å². The normalized spacial score (nSPS) is 22.1. The summed E-state index contributed by atoms with van der Waals surface area (Å²) in [5, 5.41) is 0. The summed E-state index contributed by atoms with van der Waals surface area (Å²) in [6.07, 6.45) is 4.12. The van der Waals surface area contributed by atoms with E-state index < -0.39 is 12.1 Å². The zero-order valence-electron chi connectivity index (χ0n) is 8.38. The van der Waals surface area contributed by atoms with Gasteiger partial charge in [0.15, 0.2) is 0 Å². The van der Waals surface area contributed by atoms with Crippen LogP contribution in [0.5, 0.6) is 0 Å². The number of hydrogen-bond acceptors (Lipinski definition) is 0.